The fourth-order valence-electron chi connectivity index (χ4n) is 1.14. The van der Waals surface area contributed by atoms with Gasteiger partial charge in [0.1, 0.15) is 0 Å². The third-order valence-electron chi connectivity index (χ3n) is 1.91. The van der Waals surface area contributed by atoms with Crippen molar-refractivity contribution in [2.45, 2.75) is 13.8 Å². The van der Waals surface area contributed by atoms with Gasteiger partial charge in [0.15, 0.2) is 0 Å². The number of benzene rings is 1. The third-order valence-corrected chi connectivity index (χ3v) is 3.14. The Bertz CT molecular complexity index is 305. The molecule has 1 rings (SSSR count). The Kier molecular flexibility index (Phi) is 4.26. The van der Waals surface area contributed by atoms with E-state index in [-0.39, 0.29) is 0 Å². The molecule has 0 bridgehead atoms. The maximum Gasteiger partial charge on any atom is 0.0927 e. The van der Waals surface area contributed by atoms with Gasteiger partial charge < -0.3 is 0 Å². The van der Waals surface area contributed by atoms with E-state index in [4.69, 9.17) is 11.6 Å². The molecule has 0 atom stereocenters. The zero-order valence-electron chi connectivity index (χ0n) is 7.97. The Balaban J connectivity index is 2.84. The molecule has 0 saturated carbocycles. The van der Waals surface area contributed by atoms with E-state index in [1.165, 1.54) is 16.3 Å². The largest absolute Gasteiger partial charge is 0.130 e. The summed E-state index contributed by atoms with van der Waals surface area (Å²) in [6.45, 7) is 4.26. The predicted molar refractivity (Wildman–Crippen MR) is 61.3 cm³/mol. The standard InChI is InChI=1S/C11H13ClSi/c1-9-5-3-4-6-11(9)7-10(2)13-8-12/h3-7H,8H2,1-2H3. The molecule has 1 aromatic rings. The van der Waals surface area contributed by atoms with E-state index >= 15 is 0 Å². The Labute approximate surface area is 87.4 Å². The smallest absolute Gasteiger partial charge is 0.0927 e. The van der Waals surface area contributed by atoms with E-state index in [0.717, 1.165) is 15.0 Å². The molecule has 0 aromatic heterocycles. The Morgan fingerprint density at radius 3 is 2.77 bits per heavy atom. The van der Waals surface area contributed by atoms with E-state index in [2.05, 4.69) is 44.2 Å². The summed E-state index contributed by atoms with van der Waals surface area (Å²) in [4.78, 5) is 0. The summed E-state index contributed by atoms with van der Waals surface area (Å²) in [5, 5.41) is 1.37. The first-order valence-electron chi connectivity index (χ1n) is 4.28. The maximum absolute atomic E-state index is 5.67. The lowest BCUT2D eigenvalue weighted by molar-refractivity contribution is 1.44. The molecule has 2 heteroatoms. The van der Waals surface area contributed by atoms with Crippen LogP contribution in [0.5, 0.6) is 0 Å². The number of hydrogen-bond donors (Lipinski definition) is 0. The second-order valence-electron chi connectivity index (χ2n) is 2.99. The molecule has 0 aliphatic heterocycles. The molecule has 0 nitrogen and oxygen atoms in total. The molecule has 0 fully saturated rings. The van der Waals surface area contributed by atoms with Crippen molar-refractivity contribution in [2.24, 2.45) is 0 Å². The van der Waals surface area contributed by atoms with E-state index in [1.807, 2.05) is 0 Å². The molecule has 0 N–H and O–H groups in total. The highest BCUT2D eigenvalue weighted by Crippen LogP contribution is 2.11. The quantitative estimate of drug-likeness (QED) is 0.529. The number of rotatable bonds is 3. The molecular weight excluding hydrogens is 196 g/mol. The van der Waals surface area contributed by atoms with Gasteiger partial charge in [-0.3, -0.25) is 0 Å². The fourth-order valence-corrected chi connectivity index (χ4v) is 2.24. The summed E-state index contributed by atoms with van der Waals surface area (Å²) in [6, 6.07) is 8.39. The average Bonchev–Trinajstić information content (AvgIpc) is 2.09. The second-order valence-corrected chi connectivity index (χ2v) is 5.21. The van der Waals surface area contributed by atoms with Crippen molar-refractivity contribution >= 4 is 27.2 Å². The topological polar surface area (TPSA) is 0 Å². The number of aryl methyl sites for hydroxylation is 1. The number of alkyl halides is 1. The summed E-state index contributed by atoms with van der Waals surface area (Å²) < 4.78 is 0. The molecule has 1 aromatic carbocycles. The molecule has 0 heterocycles. The van der Waals surface area contributed by atoms with Crippen LogP contribution < -0.4 is 0 Å². The summed E-state index contributed by atoms with van der Waals surface area (Å²) >= 11 is 5.67. The van der Waals surface area contributed by atoms with Gasteiger partial charge in [-0.25, -0.2) is 0 Å². The molecule has 13 heavy (non-hydrogen) atoms. The van der Waals surface area contributed by atoms with Crippen LogP contribution in [-0.4, -0.2) is 15.0 Å². The van der Waals surface area contributed by atoms with Crippen molar-refractivity contribution in [3.63, 3.8) is 0 Å². The molecule has 0 spiro atoms. The first kappa shape index (κ1) is 10.5. The van der Waals surface area contributed by atoms with Crippen LogP contribution >= 0.6 is 11.6 Å². The van der Waals surface area contributed by atoms with Crippen LogP contribution in [0.3, 0.4) is 0 Å². The van der Waals surface area contributed by atoms with E-state index in [9.17, 15) is 0 Å². The lowest BCUT2D eigenvalue weighted by Gasteiger charge is -2.01. The van der Waals surface area contributed by atoms with Crippen molar-refractivity contribution in [3.8, 4) is 0 Å². The van der Waals surface area contributed by atoms with E-state index in [0.29, 0.717) is 0 Å². The lowest BCUT2D eigenvalue weighted by atomic mass is 10.1. The Morgan fingerprint density at radius 2 is 2.15 bits per heavy atom. The predicted octanol–water partition coefficient (Wildman–Crippen LogP) is 3.26. The summed E-state index contributed by atoms with van der Waals surface area (Å²) in [5.41, 5.74) is 3.35. The number of allylic oxidation sites excluding steroid dienone is 1. The van der Waals surface area contributed by atoms with Gasteiger partial charge in [0.2, 0.25) is 0 Å². The van der Waals surface area contributed by atoms with E-state index < -0.39 is 0 Å². The molecule has 2 radical (unpaired) electrons. The van der Waals surface area contributed by atoms with Crippen molar-refractivity contribution < 1.29 is 0 Å². The Morgan fingerprint density at radius 1 is 1.46 bits per heavy atom. The van der Waals surface area contributed by atoms with Gasteiger partial charge in [0, 0.05) is 5.50 Å². The molecule has 0 amide bonds. The molecule has 68 valence electrons. The average molecular weight is 209 g/mol. The van der Waals surface area contributed by atoms with Crippen LogP contribution in [0.2, 0.25) is 0 Å². The number of hydrogen-bond acceptors (Lipinski definition) is 0. The monoisotopic (exact) mass is 208 g/mol. The maximum atomic E-state index is 5.67. The summed E-state index contributed by atoms with van der Waals surface area (Å²) in [6.07, 6.45) is 2.22. The van der Waals surface area contributed by atoms with Crippen molar-refractivity contribution in [1.82, 2.24) is 0 Å². The molecule has 0 saturated heterocycles. The zero-order chi connectivity index (χ0) is 9.68. The minimum Gasteiger partial charge on any atom is -0.130 e. The molecule has 0 aliphatic carbocycles. The highest BCUT2D eigenvalue weighted by molar-refractivity contribution is 6.57. The molecule has 0 unspecified atom stereocenters. The van der Waals surface area contributed by atoms with Crippen molar-refractivity contribution in [2.75, 3.05) is 5.50 Å². The minimum atomic E-state index is 0.730. The summed E-state index contributed by atoms with van der Waals surface area (Å²) in [5.74, 6) is 0. The van der Waals surface area contributed by atoms with E-state index in [1.54, 1.807) is 0 Å². The summed E-state index contributed by atoms with van der Waals surface area (Å²) in [7, 11) is 0.737. The van der Waals surface area contributed by atoms with Crippen LogP contribution in [0.4, 0.5) is 0 Å². The van der Waals surface area contributed by atoms with Crippen LogP contribution in [0, 0.1) is 6.92 Å². The van der Waals surface area contributed by atoms with Crippen LogP contribution in [0.15, 0.2) is 29.5 Å². The highest BCUT2D eigenvalue weighted by Gasteiger charge is 1.94. The minimum absolute atomic E-state index is 0.730. The van der Waals surface area contributed by atoms with Gasteiger partial charge in [0.25, 0.3) is 0 Å². The normalized spacial score (nSPS) is 11.8. The van der Waals surface area contributed by atoms with Gasteiger partial charge in [-0.05, 0) is 25.0 Å². The zero-order valence-corrected chi connectivity index (χ0v) is 9.73. The van der Waals surface area contributed by atoms with Crippen LogP contribution in [0.25, 0.3) is 6.08 Å². The first-order valence-corrected chi connectivity index (χ1v) is 6.02. The van der Waals surface area contributed by atoms with Gasteiger partial charge in [0.05, 0.1) is 9.52 Å². The molecular formula is C11H13ClSi. The third kappa shape index (κ3) is 3.37. The van der Waals surface area contributed by atoms with Crippen LogP contribution in [-0.2, 0) is 0 Å². The first-order chi connectivity index (χ1) is 6.24. The van der Waals surface area contributed by atoms with Crippen molar-refractivity contribution in [3.05, 3.63) is 40.6 Å². The van der Waals surface area contributed by atoms with Gasteiger partial charge in [-0.1, -0.05) is 35.5 Å². The van der Waals surface area contributed by atoms with Crippen LogP contribution in [0.1, 0.15) is 18.1 Å². The fraction of sp³-hybridized carbons (Fsp3) is 0.273. The van der Waals surface area contributed by atoms with Gasteiger partial charge in [-0.15, -0.1) is 11.6 Å². The van der Waals surface area contributed by atoms with Crippen molar-refractivity contribution in [1.29, 1.82) is 0 Å². The number of halogens is 1. The molecule has 0 aliphatic rings. The lowest BCUT2D eigenvalue weighted by Crippen LogP contribution is -1.94. The van der Waals surface area contributed by atoms with Gasteiger partial charge >= 0.3 is 0 Å². The van der Waals surface area contributed by atoms with Gasteiger partial charge in [-0.2, -0.15) is 0 Å². The SMILES string of the molecule is CC(=Cc1ccccc1C)[Si]CCl. The highest BCUT2D eigenvalue weighted by atomic mass is 35.5. The second kappa shape index (κ2) is 5.25. The Hall–Kier alpha value is -0.533.